The van der Waals surface area contributed by atoms with Crippen molar-refractivity contribution in [1.29, 1.82) is 0 Å². The predicted octanol–water partition coefficient (Wildman–Crippen LogP) is 5.14. The van der Waals surface area contributed by atoms with Crippen molar-refractivity contribution in [3.05, 3.63) is 53.6 Å². The maximum absolute atomic E-state index is 11.2. The predicted molar refractivity (Wildman–Crippen MR) is 89.3 cm³/mol. The van der Waals surface area contributed by atoms with Crippen LogP contribution in [0, 0.1) is 0 Å². The molecule has 0 aliphatic rings. The molecule has 0 atom stereocenters. The molecule has 106 valence electrons. The smallest absolute Gasteiger partial charge is 0.282 e. The molecule has 2 aromatic carbocycles. The van der Waals surface area contributed by atoms with Crippen LogP contribution in [0.5, 0.6) is 0 Å². The normalized spacial score (nSPS) is 10.9. The minimum atomic E-state index is -0.442. The SMILES string of the molecule is NC(=O)Sc1[nH]c2ccc(Cl)cc2c1Sc1ccccc1. The number of amides is 1. The lowest BCUT2D eigenvalue weighted by atomic mass is 10.2. The highest BCUT2D eigenvalue weighted by atomic mass is 35.5. The van der Waals surface area contributed by atoms with E-state index in [-0.39, 0.29) is 0 Å². The van der Waals surface area contributed by atoms with Crippen molar-refractivity contribution in [2.24, 2.45) is 5.73 Å². The molecule has 0 saturated heterocycles. The highest BCUT2D eigenvalue weighted by Crippen LogP contribution is 2.41. The quantitative estimate of drug-likeness (QED) is 0.652. The molecule has 3 rings (SSSR count). The molecule has 0 unspecified atom stereocenters. The van der Waals surface area contributed by atoms with Crippen molar-refractivity contribution >= 4 is 51.3 Å². The third-order valence-electron chi connectivity index (χ3n) is 2.85. The molecule has 0 aliphatic heterocycles. The number of benzene rings is 2. The first-order valence-corrected chi connectivity index (χ1v) is 8.16. The van der Waals surface area contributed by atoms with Crippen LogP contribution in [0.3, 0.4) is 0 Å². The topological polar surface area (TPSA) is 58.9 Å². The van der Waals surface area contributed by atoms with E-state index in [4.69, 9.17) is 17.3 Å². The Morgan fingerprint density at radius 3 is 2.62 bits per heavy atom. The van der Waals surface area contributed by atoms with Gasteiger partial charge in [-0.1, -0.05) is 41.6 Å². The van der Waals surface area contributed by atoms with Crippen LogP contribution in [0.25, 0.3) is 10.9 Å². The van der Waals surface area contributed by atoms with E-state index in [1.807, 2.05) is 48.5 Å². The Hall–Kier alpha value is -1.56. The van der Waals surface area contributed by atoms with Gasteiger partial charge in [-0.3, -0.25) is 4.79 Å². The van der Waals surface area contributed by atoms with Crippen LogP contribution in [-0.2, 0) is 0 Å². The second-order valence-electron chi connectivity index (χ2n) is 4.31. The van der Waals surface area contributed by atoms with E-state index in [0.717, 1.165) is 37.5 Å². The monoisotopic (exact) mass is 334 g/mol. The number of rotatable bonds is 3. The van der Waals surface area contributed by atoms with Crippen molar-refractivity contribution in [2.75, 3.05) is 0 Å². The van der Waals surface area contributed by atoms with Crippen LogP contribution < -0.4 is 5.73 Å². The number of H-pyrrole nitrogens is 1. The first-order valence-electron chi connectivity index (χ1n) is 6.15. The number of aromatic amines is 1. The minimum absolute atomic E-state index is 0.442. The third-order valence-corrected chi connectivity index (χ3v) is 5.06. The average Bonchev–Trinajstić information content (AvgIpc) is 2.77. The molecule has 3 nitrogen and oxygen atoms in total. The Labute approximate surface area is 135 Å². The van der Waals surface area contributed by atoms with Gasteiger partial charge in [0.05, 0.1) is 9.92 Å². The van der Waals surface area contributed by atoms with E-state index >= 15 is 0 Å². The number of thioether (sulfide) groups is 1. The van der Waals surface area contributed by atoms with Gasteiger partial charge < -0.3 is 10.7 Å². The number of hydrogen-bond acceptors (Lipinski definition) is 3. The van der Waals surface area contributed by atoms with E-state index < -0.39 is 5.24 Å². The fourth-order valence-corrected chi connectivity index (χ4v) is 3.93. The summed E-state index contributed by atoms with van der Waals surface area (Å²) in [7, 11) is 0. The molecule has 3 N–H and O–H groups in total. The highest BCUT2D eigenvalue weighted by molar-refractivity contribution is 8.14. The zero-order valence-electron chi connectivity index (χ0n) is 10.8. The maximum Gasteiger partial charge on any atom is 0.282 e. The number of fused-ring (bicyclic) bond motifs is 1. The van der Waals surface area contributed by atoms with E-state index in [1.54, 1.807) is 11.8 Å². The number of carbonyl (C=O) groups is 1. The van der Waals surface area contributed by atoms with Gasteiger partial charge in [-0.2, -0.15) is 0 Å². The summed E-state index contributed by atoms with van der Waals surface area (Å²) in [5.74, 6) is 0. The zero-order chi connectivity index (χ0) is 14.8. The molecule has 0 bridgehead atoms. The van der Waals surface area contributed by atoms with Gasteiger partial charge in [-0.15, -0.1) is 0 Å². The molecule has 0 saturated carbocycles. The lowest BCUT2D eigenvalue weighted by molar-refractivity contribution is 0.267. The summed E-state index contributed by atoms with van der Waals surface area (Å²) >= 11 is 8.66. The summed E-state index contributed by atoms with van der Waals surface area (Å²) in [6, 6.07) is 15.6. The van der Waals surface area contributed by atoms with Crippen molar-refractivity contribution in [2.45, 2.75) is 14.8 Å². The zero-order valence-corrected chi connectivity index (χ0v) is 13.2. The van der Waals surface area contributed by atoms with Gasteiger partial charge in [0.1, 0.15) is 0 Å². The standard InChI is InChI=1S/C15H11ClN2OS2/c16-9-6-7-12-11(8-9)13(14(18-12)21-15(17)19)20-10-4-2-1-3-5-10/h1-8,18H,(H2,17,19). The Morgan fingerprint density at radius 1 is 1.14 bits per heavy atom. The largest absolute Gasteiger partial charge is 0.360 e. The molecule has 21 heavy (non-hydrogen) atoms. The number of primary amides is 1. The van der Waals surface area contributed by atoms with Crippen LogP contribution in [0.1, 0.15) is 0 Å². The van der Waals surface area contributed by atoms with Gasteiger partial charge in [0, 0.05) is 20.8 Å². The molecule has 1 aromatic heterocycles. The molecule has 6 heteroatoms. The highest BCUT2D eigenvalue weighted by Gasteiger charge is 2.15. The molecular weight excluding hydrogens is 324 g/mol. The lowest BCUT2D eigenvalue weighted by Crippen LogP contribution is -2.01. The van der Waals surface area contributed by atoms with E-state index in [0.29, 0.717) is 5.02 Å². The first-order chi connectivity index (χ1) is 10.1. The Bertz CT molecular complexity index is 802. The Morgan fingerprint density at radius 2 is 1.90 bits per heavy atom. The summed E-state index contributed by atoms with van der Waals surface area (Å²) in [5, 5.41) is 1.95. The lowest BCUT2D eigenvalue weighted by Gasteiger charge is -2.03. The molecular formula is C15H11ClN2OS2. The van der Waals surface area contributed by atoms with Crippen LogP contribution in [0.15, 0.2) is 63.3 Å². The van der Waals surface area contributed by atoms with Crippen LogP contribution in [-0.4, -0.2) is 10.2 Å². The van der Waals surface area contributed by atoms with Gasteiger partial charge in [0.2, 0.25) is 0 Å². The number of nitrogens with two attached hydrogens (primary N) is 1. The summed E-state index contributed by atoms with van der Waals surface area (Å²) in [6.07, 6.45) is 0. The first kappa shape index (κ1) is 14.4. The molecule has 1 amide bonds. The van der Waals surface area contributed by atoms with Crippen molar-refractivity contribution in [3.63, 3.8) is 0 Å². The van der Waals surface area contributed by atoms with Crippen LogP contribution >= 0.6 is 35.1 Å². The van der Waals surface area contributed by atoms with E-state index in [9.17, 15) is 4.79 Å². The van der Waals surface area contributed by atoms with Gasteiger partial charge >= 0.3 is 0 Å². The van der Waals surface area contributed by atoms with Crippen molar-refractivity contribution in [1.82, 2.24) is 4.98 Å². The Kier molecular flexibility index (Phi) is 4.14. The summed E-state index contributed by atoms with van der Waals surface area (Å²) in [5.41, 5.74) is 6.24. The van der Waals surface area contributed by atoms with Gasteiger partial charge in [0.15, 0.2) is 0 Å². The number of aromatic nitrogens is 1. The second-order valence-corrected chi connectivity index (χ2v) is 6.84. The number of halogens is 1. The summed E-state index contributed by atoms with van der Waals surface area (Å²) < 4.78 is 0. The minimum Gasteiger partial charge on any atom is -0.360 e. The van der Waals surface area contributed by atoms with E-state index in [1.165, 1.54) is 0 Å². The molecule has 0 radical (unpaired) electrons. The fourth-order valence-electron chi connectivity index (χ4n) is 1.99. The molecule has 0 spiro atoms. The number of nitrogens with one attached hydrogen (secondary N) is 1. The molecule has 1 heterocycles. The third kappa shape index (κ3) is 3.20. The second kappa shape index (κ2) is 6.05. The Balaban J connectivity index is 2.12. The molecule has 3 aromatic rings. The summed E-state index contributed by atoms with van der Waals surface area (Å²) in [6.45, 7) is 0. The van der Waals surface area contributed by atoms with Crippen LogP contribution in [0.2, 0.25) is 5.02 Å². The number of carbonyl (C=O) groups excluding carboxylic acids is 1. The maximum atomic E-state index is 11.2. The summed E-state index contributed by atoms with van der Waals surface area (Å²) in [4.78, 5) is 16.5. The van der Waals surface area contributed by atoms with Gasteiger partial charge in [0.25, 0.3) is 5.24 Å². The van der Waals surface area contributed by atoms with Crippen LogP contribution in [0.4, 0.5) is 4.79 Å². The molecule has 0 aliphatic carbocycles. The van der Waals surface area contributed by atoms with Crippen molar-refractivity contribution in [3.8, 4) is 0 Å². The number of hydrogen-bond donors (Lipinski definition) is 2. The van der Waals surface area contributed by atoms with Crippen molar-refractivity contribution < 1.29 is 4.79 Å². The average molecular weight is 335 g/mol. The van der Waals surface area contributed by atoms with Gasteiger partial charge in [-0.25, -0.2) is 0 Å². The van der Waals surface area contributed by atoms with E-state index in [2.05, 4.69) is 4.98 Å². The fraction of sp³-hybridized carbons (Fsp3) is 0. The molecule has 0 fully saturated rings. The van der Waals surface area contributed by atoms with Gasteiger partial charge in [-0.05, 0) is 42.1 Å².